The van der Waals surface area contributed by atoms with E-state index in [0.717, 1.165) is 23.3 Å². The molecule has 1 aromatic rings. The molecule has 1 aliphatic rings. The smallest absolute Gasteiger partial charge is 0.124 e. The van der Waals surface area contributed by atoms with Crippen molar-refractivity contribution in [2.45, 2.75) is 32.5 Å². The first-order valence-corrected chi connectivity index (χ1v) is 6.06. The van der Waals surface area contributed by atoms with Crippen LogP contribution in [0.4, 0.5) is 0 Å². The quantitative estimate of drug-likeness (QED) is 0.876. The fourth-order valence-corrected chi connectivity index (χ4v) is 2.41. The molecule has 3 atom stereocenters. The zero-order chi connectivity index (χ0) is 12.4. The number of hydrogen-bond acceptors (Lipinski definition) is 3. The third-order valence-electron chi connectivity index (χ3n) is 3.38. The largest absolute Gasteiger partial charge is 0.496 e. The summed E-state index contributed by atoms with van der Waals surface area (Å²) >= 11 is 0. The van der Waals surface area contributed by atoms with Crippen LogP contribution in [-0.2, 0) is 4.74 Å². The van der Waals surface area contributed by atoms with Crippen molar-refractivity contribution in [3.05, 3.63) is 29.3 Å². The molecule has 1 heterocycles. The summed E-state index contributed by atoms with van der Waals surface area (Å²) in [5.41, 5.74) is 2.00. The van der Waals surface area contributed by atoms with E-state index >= 15 is 0 Å². The molecule has 0 aliphatic carbocycles. The molecule has 3 unspecified atom stereocenters. The number of methoxy groups -OCH3 is 1. The van der Waals surface area contributed by atoms with E-state index in [0.29, 0.717) is 6.61 Å². The van der Waals surface area contributed by atoms with Crippen LogP contribution in [0.2, 0.25) is 0 Å². The fourth-order valence-electron chi connectivity index (χ4n) is 2.41. The van der Waals surface area contributed by atoms with Crippen molar-refractivity contribution in [2.75, 3.05) is 13.7 Å². The normalized spacial score (nSPS) is 25.9. The summed E-state index contributed by atoms with van der Waals surface area (Å²) < 4.78 is 10.8. The summed E-state index contributed by atoms with van der Waals surface area (Å²) in [5.74, 6) is 0.920. The molecule has 94 valence electrons. The van der Waals surface area contributed by atoms with Gasteiger partial charge in [0.25, 0.3) is 0 Å². The Labute approximate surface area is 102 Å². The maximum Gasteiger partial charge on any atom is 0.124 e. The van der Waals surface area contributed by atoms with Crippen molar-refractivity contribution in [2.24, 2.45) is 5.92 Å². The van der Waals surface area contributed by atoms with Crippen molar-refractivity contribution in [3.8, 4) is 5.75 Å². The molecular weight excluding hydrogens is 216 g/mol. The first-order valence-electron chi connectivity index (χ1n) is 6.06. The molecule has 1 saturated heterocycles. The van der Waals surface area contributed by atoms with Crippen molar-refractivity contribution < 1.29 is 14.6 Å². The average Bonchev–Trinajstić information content (AvgIpc) is 2.75. The van der Waals surface area contributed by atoms with Crippen molar-refractivity contribution in [3.63, 3.8) is 0 Å². The Bertz CT molecular complexity index is 389. The van der Waals surface area contributed by atoms with E-state index in [1.165, 1.54) is 0 Å². The Morgan fingerprint density at radius 2 is 2.24 bits per heavy atom. The maximum atomic E-state index is 10.4. The number of aryl methyl sites for hydroxylation is 1. The number of aliphatic hydroxyl groups is 1. The van der Waals surface area contributed by atoms with Crippen LogP contribution >= 0.6 is 0 Å². The highest BCUT2D eigenvalue weighted by Gasteiger charge is 2.30. The number of ether oxygens (including phenoxy) is 2. The third kappa shape index (κ3) is 2.61. The lowest BCUT2D eigenvalue weighted by Crippen LogP contribution is -2.14. The molecule has 2 rings (SSSR count). The molecular formula is C14H20O3. The number of hydrogen-bond donors (Lipinski definition) is 1. The summed E-state index contributed by atoms with van der Waals surface area (Å²) in [5, 5.41) is 10.4. The predicted octanol–water partition coefficient (Wildman–Crippen LogP) is 2.46. The van der Waals surface area contributed by atoms with E-state index in [1.807, 2.05) is 32.0 Å². The van der Waals surface area contributed by atoms with Gasteiger partial charge in [-0.05, 0) is 32.4 Å². The van der Waals surface area contributed by atoms with Crippen LogP contribution in [0.15, 0.2) is 18.2 Å². The van der Waals surface area contributed by atoms with E-state index < -0.39 is 6.10 Å². The molecule has 1 aliphatic heterocycles. The predicted molar refractivity (Wildman–Crippen MR) is 66.2 cm³/mol. The molecule has 3 nitrogen and oxygen atoms in total. The molecule has 1 fully saturated rings. The van der Waals surface area contributed by atoms with Crippen LogP contribution in [0.3, 0.4) is 0 Å². The minimum Gasteiger partial charge on any atom is -0.496 e. The lowest BCUT2D eigenvalue weighted by Gasteiger charge is -2.20. The van der Waals surface area contributed by atoms with Gasteiger partial charge in [-0.25, -0.2) is 0 Å². The zero-order valence-corrected chi connectivity index (χ0v) is 10.6. The molecule has 0 spiro atoms. The van der Waals surface area contributed by atoms with E-state index in [2.05, 4.69) is 0 Å². The topological polar surface area (TPSA) is 38.7 Å². The Balaban J connectivity index is 2.23. The molecule has 0 radical (unpaired) electrons. The van der Waals surface area contributed by atoms with Gasteiger partial charge in [-0.3, -0.25) is 0 Å². The Morgan fingerprint density at radius 3 is 2.82 bits per heavy atom. The summed E-state index contributed by atoms with van der Waals surface area (Å²) in [4.78, 5) is 0. The SMILES string of the molecule is COc1ccc(C)cc1C(O)C1COC(C)C1. The van der Waals surface area contributed by atoms with Gasteiger partial charge in [0.05, 0.1) is 25.9 Å². The standard InChI is InChI=1S/C14H20O3/c1-9-4-5-13(16-3)12(6-9)14(15)11-7-10(2)17-8-11/h4-6,10-11,14-15H,7-8H2,1-3H3. The van der Waals surface area contributed by atoms with Gasteiger partial charge < -0.3 is 14.6 Å². The minimum absolute atomic E-state index is 0.167. The first-order chi connectivity index (χ1) is 8.11. The van der Waals surface area contributed by atoms with Gasteiger partial charge >= 0.3 is 0 Å². The highest BCUT2D eigenvalue weighted by Crippen LogP contribution is 2.36. The monoisotopic (exact) mass is 236 g/mol. The van der Waals surface area contributed by atoms with Gasteiger partial charge in [0.15, 0.2) is 0 Å². The van der Waals surface area contributed by atoms with E-state index in [9.17, 15) is 5.11 Å². The second-order valence-electron chi connectivity index (χ2n) is 4.83. The minimum atomic E-state index is -0.505. The van der Waals surface area contributed by atoms with Crippen LogP contribution in [0, 0.1) is 12.8 Å². The lowest BCUT2D eigenvalue weighted by molar-refractivity contribution is 0.0789. The summed E-state index contributed by atoms with van der Waals surface area (Å²) in [6.45, 7) is 4.68. The van der Waals surface area contributed by atoms with Gasteiger partial charge in [-0.1, -0.05) is 11.6 Å². The molecule has 0 aromatic heterocycles. The van der Waals surface area contributed by atoms with E-state index in [-0.39, 0.29) is 12.0 Å². The highest BCUT2D eigenvalue weighted by molar-refractivity contribution is 5.38. The fraction of sp³-hybridized carbons (Fsp3) is 0.571. The van der Waals surface area contributed by atoms with E-state index in [4.69, 9.17) is 9.47 Å². The molecule has 0 bridgehead atoms. The zero-order valence-electron chi connectivity index (χ0n) is 10.6. The molecule has 0 amide bonds. The van der Waals surface area contributed by atoms with Gasteiger partial charge in [-0.15, -0.1) is 0 Å². The van der Waals surface area contributed by atoms with Crippen LogP contribution in [0.25, 0.3) is 0 Å². The lowest BCUT2D eigenvalue weighted by atomic mass is 9.92. The Morgan fingerprint density at radius 1 is 1.47 bits per heavy atom. The van der Waals surface area contributed by atoms with Crippen LogP contribution in [0.1, 0.15) is 30.6 Å². The van der Waals surface area contributed by atoms with Gasteiger partial charge in [0.1, 0.15) is 5.75 Å². The molecule has 1 N–H and O–H groups in total. The van der Waals surface area contributed by atoms with Crippen molar-refractivity contribution in [1.82, 2.24) is 0 Å². The van der Waals surface area contributed by atoms with Gasteiger partial charge in [0.2, 0.25) is 0 Å². The van der Waals surface area contributed by atoms with Crippen LogP contribution in [-0.4, -0.2) is 24.9 Å². The van der Waals surface area contributed by atoms with Crippen LogP contribution < -0.4 is 4.74 Å². The number of rotatable bonds is 3. The Hall–Kier alpha value is -1.06. The Kier molecular flexibility index (Phi) is 3.69. The maximum absolute atomic E-state index is 10.4. The average molecular weight is 236 g/mol. The second kappa shape index (κ2) is 5.07. The number of benzene rings is 1. The van der Waals surface area contributed by atoms with E-state index in [1.54, 1.807) is 7.11 Å². The van der Waals surface area contributed by atoms with Gasteiger partial charge in [-0.2, -0.15) is 0 Å². The summed E-state index contributed by atoms with van der Waals surface area (Å²) in [6.07, 6.45) is 0.637. The number of aliphatic hydroxyl groups excluding tert-OH is 1. The molecule has 3 heteroatoms. The third-order valence-corrected chi connectivity index (χ3v) is 3.38. The van der Waals surface area contributed by atoms with Crippen LogP contribution in [0.5, 0.6) is 5.75 Å². The van der Waals surface area contributed by atoms with Crippen molar-refractivity contribution in [1.29, 1.82) is 0 Å². The summed E-state index contributed by atoms with van der Waals surface area (Å²) in [6, 6.07) is 5.89. The summed E-state index contributed by atoms with van der Waals surface area (Å²) in [7, 11) is 1.63. The molecule has 1 aromatic carbocycles. The van der Waals surface area contributed by atoms with Gasteiger partial charge in [0, 0.05) is 11.5 Å². The molecule has 0 saturated carbocycles. The second-order valence-corrected chi connectivity index (χ2v) is 4.83. The molecule has 17 heavy (non-hydrogen) atoms. The first kappa shape index (κ1) is 12.4. The van der Waals surface area contributed by atoms with Crippen molar-refractivity contribution >= 4 is 0 Å². The highest BCUT2D eigenvalue weighted by atomic mass is 16.5.